The summed E-state index contributed by atoms with van der Waals surface area (Å²) in [5.74, 6) is 0.158. The van der Waals surface area contributed by atoms with Crippen LogP contribution in [0.4, 0.5) is 4.39 Å². The van der Waals surface area contributed by atoms with Crippen molar-refractivity contribution in [1.82, 2.24) is 14.8 Å². The molecule has 2 aromatic heterocycles. The summed E-state index contributed by atoms with van der Waals surface area (Å²) in [6, 6.07) is 12.0. The van der Waals surface area contributed by atoms with Gasteiger partial charge in [-0.25, -0.2) is 14.1 Å². The second-order valence-corrected chi connectivity index (χ2v) is 8.22. The fourth-order valence-corrected chi connectivity index (χ4v) is 4.07. The smallest absolute Gasteiger partial charge is 0.308 e. The summed E-state index contributed by atoms with van der Waals surface area (Å²) in [6.07, 6.45) is 2.37. The lowest BCUT2D eigenvalue weighted by Gasteiger charge is -2.26. The minimum Gasteiger partial charge on any atom is -0.462 e. The fraction of sp³-hybridized carbons (Fsp3) is 0.375. The van der Waals surface area contributed by atoms with Crippen molar-refractivity contribution in [2.75, 3.05) is 0 Å². The van der Waals surface area contributed by atoms with Gasteiger partial charge in [0, 0.05) is 23.7 Å². The van der Waals surface area contributed by atoms with Crippen LogP contribution in [0.5, 0.6) is 0 Å². The lowest BCUT2D eigenvalue weighted by molar-refractivity contribution is -0.160. The van der Waals surface area contributed by atoms with E-state index in [-0.39, 0.29) is 30.2 Å². The Labute approximate surface area is 180 Å². The topological polar surface area (TPSA) is 77.2 Å². The van der Waals surface area contributed by atoms with Gasteiger partial charge in [-0.1, -0.05) is 19.9 Å². The molecule has 0 aliphatic carbocycles. The molecule has 0 bridgehead atoms. The number of benzene rings is 1. The molecule has 6 nitrogen and oxygen atoms in total. The molecule has 0 radical (unpaired) electrons. The number of cyclic esters (lactones) is 1. The third kappa shape index (κ3) is 4.66. The highest BCUT2D eigenvalue weighted by Gasteiger charge is 2.29. The van der Waals surface area contributed by atoms with E-state index in [2.05, 4.69) is 18.8 Å². The maximum absolute atomic E-state index is 13.6. The number of aliphatic hydroxyl groups is 1. The normalized spacial score (nSPS) is 18.9. The van der Waals surface area contributed by atoms with E-state index < -0.39 is 6.10 Å². The molecule has 1 N–H and O–H groups in total. The van der Waals surface area contributed by atoms with Crippen LogP contribution < -0.4 is 0 Å². The van der Waals surface area contributed by atoms with Crippen molar-refractivity contribution >= 4 is 5.97 Å². The quantitative estimate of drug-likeness (QED) is 0.602. The number of carbonyl (C=O) groups is 1. The average Bonchev–Trinajstić information content (AvgIpc) is 3.12. The van der Waals surface area contributed by atoms with Gasteiger partial charge in [0.05, 0.1) is 23.9 Å². The SMILES string of the molecule is CC(C)c1nn(-c2ccccn2)c(-c2ccc(F)cc2)c1CC[C@@H]1C[C@@H](O)CC(=O)O1. The molecule has 0 amide bonds. The van der Waals surface area contributed by atoms with Crippen molar-refractivity contribution in [3.05, 3.63) is 65.7 Å². The molecule has 4 rings (SSSR count). The predicted octanol–water partition coefficient (Wildman–Crippen LogP) is 4.20. The van der Waals surface area contributed by atoms with Crippen molar-refractivity contribution < 1.29 is 19.0 Å². The van der Waals surface area contributed by atoms with Crippen molar-refractivity contribution in [3.8, 4) is 17.1 Å². The molecule has 1 aliphatic rings. The summed E-state index contributed by atoms with van der Waals surface area (Å²) >= 11 is 0. The predicted molar refractivity (Wildman–Crippen MR) is 114 cm³/mol. The highest BCUT2D eigenvalue weighted by Crippen LogP contribution is 2.34. The summed E-state index contributed by atoms with van der Waals surface area (Å²) in [5, 5.41) is 14.8. The standard InChI is InChI=1S/C24H26FN3O3/c1-15(2)23-20(11-10-19-13-18(29)14-22(30)31-19)24(16-6-8-17(25)9-7-16)28(27-23)21-5-3-4-12-26-21/h3-9,12,15,18-19,29H,10-11,13-14H2,1-2H3/t18-,19-/m1/s1. The van der Waals surface area contributed by atoms with Crippen molar-refractivity contribution in [2.45, 2.75) is 57.7 Å². The number of rotatable bonds is 6. The Kier molecular flexibility index (Phi) is 6.13. The number of halogens is 1. The van der Waals surface area contributed by atoms with E-state index in [9.17, 15) is 14.3 Å². The Morgan fingerprint density at radius 3 is 2.65 bits per heavy atom. The minimum atomic E-state index is -0.663. The highest BCUT2D eigenvalue weighted by atomic mass is 19.1. The molecule has 3 aromatic rings. The maximum Gasteiger partial charge on any atom is 0.308 e. The Balaban J connectivity index is 1.77. The summed E-state index contributed by atoms with van der Waals surface area (Å²) in [6.45, 7) is 4.15. The number of ether oxygens (including phenoxy) is 1. The highest BCUT2D eigenvalue weighted by molar-refractivity contribution is 5.71. The molecule has 31 heavy (non-hydrogen) atoms. The van der Waals surface area contributed by atoms with E-state index in [1.54, 1.807) is 23.0 Å². The number of carbonyl (C=O) groups excluding carboxylic acids is 1. The molecular formula is C24H26FN3O3. The van der Waals surface area contributed by atoms with Crippen molar-refractivity contribution in [2.24, 2.45) is 0 Å². The van der Waals surface area contributed by atoms with E-state index in [0.29, 0.717) is 25.1 Å². The zero-order valence-electron chi connectivity index (χ0n) is 17.7. The van der Waals surface area contributed by atoms with E-state index >= 15 is 0 Å². The van der Waals surface area contributed by atoms with Crippen LogP contribution in [-0.4, -0.2) is 38.0 Å². The van der Waals surface area contributed by atoms with Crippen LogP contribution in [0.2, 0.25) is 0 Å². The summed E-state index contributed by atoms with van der Waals surface area (Å²) in [4.78, 5) is 16.2. The molecule has 0 spiro atoms. The maximum atomic E-state index is 13.6. The molecule has 0 saturated carbocycles. The van der Waals surface area contributed by atoms with Crippen LogP contribution in [0.25, 0.3) is 17.1 Å². The molecule has 1 saturated heterocycles. The number of pyridine rings is 1. The van der Waals surface area contributed by atoms with Gasteiger partial charge in [0.2, 0.25) is 0 Å². The Hall–Kier alpha value is -3.06. The molecule has 2 atom stereocenters. The second-order valence-electron chi connectivity index (χ2n) is 8.22. The number of hydrogen-bond donors (Lipinski definition) is 1. The molecule has 1 aromatic carbocycles. The van der Waals surface area contributed by atoms with E-state index in [1.165, 1.54) is 12.1 Å². The first-order valence-electron chi connectivity index (χ1n) is 10.6. The van der Waals surface area contributed by atoms with E-state index in [4.69, 9.17) is 9.84 Å². The molecule has 7 heteroatoms. The van der Waals surface area contributed by atoms with Crippen molar-refractivity contribution in [3.63, 3.8) is 0 Å². The first kappa shape index (κ1) is 21.2. The first-order chi connectivity index (χ1) is 14.9. The largest absolute Gasteiger partial charge is 0.462 e. The van der Waals surface area contributed by atoms with Crippen LogP contribution in [0.3, 0.4) is 0 Å². The van der Waals surface area contributed by atoms with Crippen LogP contribution in [0, 0.1) is 5.82 Å². The van der Waals surface area contributed by atoms with Gasteiger partial charge in [0.15, 0.2) is 5.82 Å². The van der Waals surface area contributed by atoms with Gasteiger partial charge in [-0.15, -0.1) is 0 Å². The zero-order valence-corrected chi connectivity index (χ0v) is 17.7. The lowest BCUT2D eigenvalue weighted by atomic mass is 9.93. The molecule has 1 aliphatic heterocycles. The number of esters is 1. The van der Waals surface area contributed by atoms with Gasteiger partial charge in [-0.3, -0.25) is 4.79 Å². The molecule has 3 heterocycles. The van der Waals surface area contributed by atoms with Crippen LogP contribution in [-0.2, 0) is 16.0 Å². The number of hydrogen-bond acceptors (Lipinski definition) is 5. The Morgan fingerprint density at radius 1 is 1.23 bits per heavy atom. The molecule has 0 unspecified atom stereocenters. The van der Waals surface area contributed by atoms with E-state index in [1.807, 2.05) is 18.2 Å². The Morgan fingerprint density at radius 2 is 2.00 bits per heavy atom. The number of nitrogens with zero attached hydrogens (tertiary/aromatic N) is 3. The van der Waals surface area contributed by atoms with Crippen LogP contribution in [0.1, 0.15) is 50.3 Å². The fourth-order valence-electron chi connectivity index (χ4n) is 4.07. The van der Waals surface area contributed by atoms with Crippen LogP contribution >= 0.6 is 0 Å². The van der Waals surface area contributed by atoms with Crippen LogP contribution in [0.15, 0.2) is 48.7 Å². The third-order valence-corrected chi connectivity index (χ3v) is 5.50. The minimum absolute atomic E-state index is 0.0478. The second kappa shape index (κ2) is 8.98. The number of aliphatic hydroxyl groups excluding tert-OH is 1. The lowest BCUT2D eigenvalue weighted by Crippen LogP contribution is -2.32. The van der Waals surface area contributed by atoms with Gasteiger partial charge in [-0.05, 0) is 55.2 Å². The molecule has 162 valence electrons. The van der Waals surface area contributed by atoms with Crippen molar-refractivity contribution in [1.29, 1.82) is 0 Å². The van der Waals surface area contributed by atoms with Gasteiger partial charge in [-0.2, -0.15) is 5.10 Å². The molecular weight excluding hydrogens is 397 g/mol. The van der Waals surface area contributed by atoms with Gasteiger partial charge in [0.25, 0.3) is 0 Å². The van der Waals surface area contributed by atoms with Gasteiger partial charge in [0.1, 0.15) is 11.9 Å². The van der Waals surface area contributed by atoms with Gasteiger partial charge < -0.3 is 9.84 Å². The summed E-state index contributed by atoms with van der Waals surface area (Å²) in [5.41, 5.74) is 3.63. The monoisotopic (exact) mass is 423 g/mol. The van der Waals surface area contributed by atoms with Gasteiger partial charge >= 0.3 is 5.97 Å². The summed E-state index contributed by atoms with van der Waals surface area (Å²) in [7, 11) is 0. The Bertz CT molecular complexity index is 1050. The number of aromatic nitrogens is 3. The van der Waals surface area contributed by atoms with E-state index in [0.717, 1.165) is 22.5 Å². The summed E-state index contributed by atoms with van der Waals surface area (Å²) < 4.78 is 20.9. The third-order valence-electron chi connectivity index (χ3n) is 5.50. The average molecular weight is 423 g/mol. The molecule has 1 fully saturated rings. The first-order valence-corrected chi connectivity index (χ1v) is 10.6. The zero-order chi connectivity index (χ0) is 22.0.